The molecule has 1 aromatic heterocycles. The third-order valence-corrected chi connectivity index (χ3v) is 5.21. The lowest BCUT2D eigenvalue weighted by Crippen LogP contribution is -2.35. The molecule has 0 fully saturated rings. The molecule has 106 valence electrons. The SMILES string of the molecule is CNCc1c(S(=O)(=O)N2CC=C(C)CC2)n[nH]c1C. The molecule has 0 amide bonds. The van der Waals surface area contributed by atoms with Crippen LogP contribution in [0.25, 0.3) is 0 Å². The maximum atomic E-state index is 12.6. The molecule has 0 aliphatic carbocycles. The van der Waals surface area contributed by atoms with Crippen LogP contribution < -0.4 is 5.32 Å². The Labute approximate surface area is 113 Å². The summed E-state index contributed by atoms with van der Waals surface area (Å²) >= 11 is 0. The van der Waals surface area contributed by atoms with Crippen molar-refractivity contribution in [3.63, 3.8) is 0 Å². The zero-order chi connectivity index (χ0) is 14.0. The number of hydrogen-bond acceptors (Lipinski definition) is 4. The molecule has 1 aliphatic rings. The quantitative estimate of drug-likeness (QED) is 0.801. The van der Waals surface area contributed by atoms with Crippen molar-refractivity contribution in [2.45, 2.75) is 31.8 Å². The van der Waals surface area contributed by atoms with E-state index in [1.54, 1.807) is 7.05 Å². The Kier molecular flexibility index (Phi) is 4.07. The van der Waals surface area contributed by atoms with Crippen molar-refractivity contribution in [3.05, 3.63) is 22.9 Å². The lowest BCUT2D eigenvalue weighted by atomic mass is 10.1. The highest BCUT2D eigenvalue weighted by Gasteiger charge is 2.30. The van der Waals surface area contributed by atoms with Gasteiger partial charge in [-0.25, -0.2) is 8.42 Å². The predicted octanol–water partition coefficient (Wildman–Crippen LogP) is 0.778. The number of H-pyrrole nitrogens is 1. The van der Waals surface area contributed by atoms with E-state index in [9.17, 15) is 8.42 Å². The summed E-state index contributed by atoms with van der Waals surface area (Å²) < 4.78 is 26.7. The van der Waals surface area contributed by atoms with Crippen molar-refractivity contribution in [2.75, 3.05) is 20.1 Å². The van der Waals surface area contributed by atoms with Crippen molar-refractivity contribution in [1.29, 1.82) is 0 Å². The Morgan fingerprint density at radius 3 is 2.79 bits per heavy atom. The molecule has 0 saturated heterocycles. The molecule has 0 bridgehead atoms. The molecule has 6 nitrogen and oxygen atoms in total. The van der Waals surface area contributed by atoms with E-state index in [0.29, 0.717) is 25.2 Å². The Bertz CT molecular complexity index is 589. The van der Waals surface area contributed by atoms with Crippen LogP contribution in [-0.2, 0) is 16.6 Å². The highest BCUT2D eigenvalue weighted by atomic mass is 32.2. The molecule has 2 rings (SSSR count). The standard InChI is InChI=1S/C12H20N4O2S/c1-9-4-6-16(7-5-9)19(17,18)12-11(8-13-3)10(2)14-15-12/h4,13H,5-8H2,1-3H3,(H,14,15). The van der Waals surface area contributed by atoms with Crippen LogP contribution in [0.1, 0.15) is 24.6 Å². The molecule has 2 heterocycles. The van der Waals surface area contributed by atoms with E-state index >= 15 is 0 Å². The lowest BCUT2D eigenvalue weighted by molar-refractivity contribution is 0.428. The number of aromatic nitrogens is 2. The topological polar surface area (TPSA) is 78.1 Å². The first kappa shape index (κ1) is 14.2. The van der Waals surface area contributed by atoms with Gasteiger partial charge in [0.1, 0.15) is 0 Å². The second-order valence-electron chi connectivity index (χ2n) is 4.83. The summed E-state index contributed by atoms with van der Waals surface area (Å²) in [5.41, 5.74) is 2.74. The molecule has 0 radical (unpaired) electrons. The third-order valence-electron chi connectivity index (χ3n) is 3.37. The van der Waals surface area contributed by atoms with Gasteiger partial charge in [-0.05, 0) is 27.3 Å². The van der Waals surface area contributed by atoms with Gasteiger partial charge < -0.3 is 5.32 Å². The van der Waals surface area contributed by atoms with Gasteiger partial charge in [-0.1, -0.05) is 11.6 Å². The average Bonchev–Trinajstić information content (AvgIpc) is 2.73. The molecule has 1 aliphatic heterocycles. The maximum absolute atomic E-state index is 12.6. The first-order chi connectivity index (χ1) is 8.96. The molecule has 7 heteroatoms. The Balaban J connectivity index is 2.35. The van der Waals surface area contributed by atoms with E-state index < -0.39 is 10.0 Å². The molecule has 0 spiro atoms. The van der Waals surface area contributed by atoms with Crippen LogP contribution in [0, 0.1) is 6.92 Å². The van der Waals surface area contributed by atoms with Crippen molar-refractivity contribution >= 4 is 10.0 Å². The van der Waals surface area contributed by atoms with Gasteiger partial charge in [-0.15, -0.1) is 0 Å². The van der Waals surface area contributed by atoms with Gasteiger partial charge in [-0.3, -0.25) is 5.10 Å². The summed E-state index contributed by atoms with van der Waals surface area (Å²) in [7, 11) is -1.72. The smallest absolute Gasteiger partial charge is 0.263 e. The second kappa shape index (κ2) is 5.44. The normalized spacial score (nSPS) is 17.5. The molecule has 2 N–H and O–H groups in total. The van der Waals surface area contributed by atoms with Crippen LogP contribution >= 0.6 is 0 Å². The van der Waals surface area contributed by atoms with Crippen molar-refractivity contribution in [2.24, 2.45) is 0 Å². The maximum Gasteiger partial charge on any atom is 0.263 e. The van der Waals surface area contributed by atoms with Crippen molar-refractivity contribution in [3.8, 4) is 0 Å². The number of aromatic amines is 1. The number of rotatable bonds is 4. The van der Waals surface area contributed by atoms with Gasteiger partial charge in [-0.2, -0.15) is 9.40 Å². The Hall–Kier alpha value is -1.18. The molecule has 0 aromatic carbocycles. The fourth-order valence-electron chi connectivity index (χ4n) is 2.12. The monoisotopic (exact) mass is 284 g/mol. The summed E-state index contributed by atoms with van der Waals surface area (Å²) in [4.78, 5) is 0. The summed E-state index contributed by atoms with van der Waals surface area (Å²) in [6.07, 6.45) is 2.74. The van der Waals surface area contributed by atoms with E-state index in [4.69, 9.17) is 0 Å². The minimum Gasteiger partial charge on any atom is -0.316 e. The zero-order valence-electron chi connectivity index (χ0n) is 11.5. The lowest BCUT2D eigenvalue weighted by Gasteiger charge is -2.24. The van der Waals surface area contributed by atoms with Gasteiger partial charge in [0.2, 0.25) is 0 Å². The van der Waals surface area contributed by atoms with Crippen LogP contribution in [0.4, 0.5) is 0 Å². The summed E-state index contributed by atoms with van der Waals surface area (Å²) in [6.45, 7) is 5.29. The molecule has 0 unspecified atom stereocenters. The van der Waals surface area contributed by atoms with E-state index in [0.717, 1.165) is 12.1 Å². The summed E-state index contributed by atoms with van der Waals surface area (Å²) in [5, 5.41) is 9.87. The number of nitrogens with one attached hydrogen (secondary N) is 2. The van der Waals surface area contributed by atoms with Crippen LogP contribution in [0.3, 0.4) is 0 Å². The number of aryl methyl sites for hydroxylation is 1. The van der Waals surface area contributed by atoms with Crippen LogP contribution in [-0.4, -0.2) is 43.1 Å². The first-order valence-corrected chi connectivity index (χ1v) is 7.75. The number of sulfonamides is 1. The highest BCUT2D eigenvalue weighted by Crippen LogP contribution is 2.23. The fourth-order valence-corrected chi connectivity index (χ4v) is 3.67. The Morgan fingerprint density at radius 2 is 2.21 bits per heavy atom. The Morgan fingerprint density at radius 1 is 1.47 bits per heavy atom. The minimum absolute atomic E-state index is 0.146. The highest BCUT2D eigenvalue weighted by molar-refractivity contribution is 7.89. The molecule has 19 heavy (non-hydrogen) atoms. The van der Waals surface area contributed by atoms with E-state index in [2.05, 4.69) is 15.5 Å². The predicted molar refractivity (Wildman–Crippen MR) is 73.2 cm³/mol. The van der Waals surface area contributed by atoms with Crippen LogP contribution in [0.15, 0.2) is 16.7 Å². The van der Waals surface area contributed by atoms with E-state index in [1.165, 1.54) is 9.88 Å². The second-order valence-corrected chi connectivity index (χ2v) is 6.68. The largest absolute Gasteiger partial charge is 0.316 e. The van der Waals surface area contributed by atoms with Gasteiger partial charge in [0.05, 0.1) is 0 Å². The van der Waals surface area contributed by atoms with Crippen LogP contribution in [0.5, 0.6) is 0 Å². The van der Waals surface area contributed by atoms with E-state index in [-0.39, 0.29) is 5.03 Å². The summed E-state index contributed by atoms with van der Waals surface area (Å²) in [6, 6.07) is 0. The molecule has 0 saturated carbocycles. The molecular weight excluding hydrogens is 264 g/mol. The minimum atomic E-state index is -3.51. The number of hydrogen-bond donors (Lipinski definition) is 2. The molecular formula is C12H20N4O2S. The molecule has 1 aromatic rings. The third kappa shape index (κ3) is 2.72. The van der Waals surface area contributed by atoms with Gasteiger partial charge in [0.15, 0.2) is 5.03 Å². The van der Waals surface area contributed by atoms with Gasteiger partial charge in [0.25, 0.3) is 10.0 Å². The number of nitrogens with zero attached hydrogens (tertiary/aromatic N) is 2. The van der Waals surface area contributed by atoms with Gasteiger partial charge >= 0.3 is 0 Å². The molecule has 0 atom stereocenters. The van der Waals surface area contributed by atoms with Crippen molar-refractivity contribution < 1.29 is 8.42 Å². The van der Waals surface area contributed by atoms with E-state index in [1.807, 2.05) is 19.9 Å². The first-order valence-electron chi connectivity index (χ1n) is 6.31. The fraction of sp³-hybridized carbons (Fsp3) is 0.583. The summed E-state index contributed by atoms with van der Waals surface area (Å²) in [5.74, 6) is 0. The average molecular weight is 284 g/mol. The van der Waals surface area contributed by atoms with Gasteiger partial charge in [0, 0.05) is 30.9 Å². The van der Waals surface area contributed by atoms with Crippen LogP contribution in [0.2, 0.25) is 0 Å². The van der Waals surface area contributed by atoms with Crippen molar-refractivity contribution in [1.82, 2.24) is 19.8 Å². The zero-order valence-corrected chi connectivity index (χ0v) is 12.3.